The number of hydrogen-bond acceptors (Lipinski definition) is 5. The van der Waals surface area contributed by atoms with Gasteiger partial charge in [-0.15, -0.1) is 0 Å². The van der Waals surface area contributed by atoms with E-state index in [1.165, 1.54) is 161 Å². The lowest BCUT2D eigenvalue weighted by Gasteiger charge is -2.24. The molecule has 6 heteroatoms. The standard InChI is InChI=1S/C42H86N2O4/c1-7-9-11-13-15-17-19-21-22-23-25-27-29-31-33-36-40(35-32-30-28-26-24-20-18-16-14-12-10-8-2)48-41(45)43-37-34-38-47-44(6)39-46-42(3,4)5/h40H,7-39H2,1-6H3,(H,43,45). The molecule has 0 saturated carbocycles. The maximum Gasteiger partial charge on any atom is 0.407 e. The van der Waals surface area contributed by atoms with Crippen LogP contribution in [0.15, 0.2) is 0 Å². The molecule has 0 aliphatic rings. The topological polar surface area (TPSA) is 60.0 Å². The minimum Gasteiger partial charge on any atom is -0.446 e. The Kier molecular flexibility index (Phi) is 35.3. The van der Waals surface area contributed by atoms with Crippen molar-refractivity contribution in [2.24, 2.45) is 0 Å². The summed E-state index contributed by atoms with van der Waals surface area (Å²) in [6, 6.07) is 0. The molecule has 0 aromatic rings. The Morgan fingerprint density at radius 1 is 0.562 bits per heavy atom. The van der Waals surface area contributed by atoms with E-state index in [0.717, 1.165) is 32.1 Å². The molecule has 0 bridgehead atoms. The molecule has 1 N–H and O–H groups in total. The quantitative estimate of drug-likeness (QED) is 0.0401. The van der Waals surface area contributed by atoms with Gasteiger partial charge in [-0.2, -0.15) is 5.06 Å². The average molecular weight is 683 g/mol. The molecule has 0 spiro atoms. The van der Waals surface area contributed by atoms with Gasteiger partial charge < -0.3 is 14.8 Å². The predicted octanol–water partition coefficient (Wildman–Crippen LogP) is 13.5. The van der Waals surface area contributed by atoms with Crippen LogP contribution in [0, 0.1) is 0 Å². The van der Waals surface area contributed by atoms with Gasteiger partial charge >= 0.3 is 6.09 Å². The number of hydroxylamine groups is 2. The summed E-state index contributed by atoms with van der Waals surface area (Å²) in [4.78, 5) is 18.3. The van der Waals surface area contributed by atoms with Crippen molar-refractivity contribution in [1.29, 1.82) is 0 Å². The van der Waals surface area contributed by atoms with E-state index in [2.05, 4.69) is 19.2 Å². The molecule has 0 aromatic carbocycles. The molecule has 0 aliphatic carbocycles. The molecule has 6 nitrogen and oxygen atoms in total. The highest BCUT2D eigenvalue weighted by Gasteiger charge is 2.15. The van der Waals surface area contributed by atoms with Crippen LogP contribution in [0.2, 0.25) is 0 Å². The van der Waals surface area contributed by atoms with E-state index >= 15 is 0 Å². The lowest BCUT2D eigenvalue weighted by Crippen LogP contribution is -2.32. The summed E-state index contributed by atoms with van der Waals surface area (Å²) >= 11 is 0. The normalized spacial score (nSPS) is 12.6. The first-order chi connectivity index (χ1) is 23.3. The zero-order valence-electron chi connectivity index (χ0n) is 33.5. The number of nitrogens with zero attached hydrogens (tertiary/aromatic N) is 1. The maximum atomic E-state index is 12.6. The van der Waals surface area contributed by atoms with Gasteiger partial charge in [0.25, 0.3) is 0 Å². The monoisotopic (exact) mass is 683 g/mol. The van der Waals surface area contributed by atoms with Gasteiger partial charge in [-0.05, 0) is 52.9 Å². The molecule has 1 atom stereocenters. The van der Waals surface area contributed by atoms with E-state index in [-0.39, 0.29) is 17.8 Å². The molecule has 0 heterocycles. The predicted molar refractivity (Wildman–Crippen MR) is 208 cm³/mol. The van der Waals surface area contributed by atoms with Crippen LogP contribution in [0.25, 0.3) is 0 Å². The first-order valence-electron chi connectivity index (χ1n) is 21.2. The lowest BCUT2D eigenvalue weighted by atomic mass is 10.0. The molecule has 0 rings (SSSR count). The Hall–Kier alpha value is -0.850. The average Bonchev–Trinajstić information content (AvgIpc) is 3.05. The summed E-state index contributed by atoms with van der Waals surface area (Å²) in [6.07, 6.45) is 39.3. The first-order valence-corrected chi connectivity index (χ1v) is 21.2. The molecule has 0 aliphatic heterocycles. The van der Waals surface area contributed by atoms with Crippen LogP contribution in [-0.4, -0.2) is 49.8 Å². The Morgan fingerprint density at radius 2 is 0.917 bits per heavy atom. The number of rotatable bonds is 37. The highest BCUT2D eigenvalue weighted by Crippen LogP contribution is 2.19. The van der Waals surface area contributed by atoms with E-state index in [1.807, 2.05) is 27.8 Å². The number of hydrogen-bond donors (Lipinski definition) is 1. The van der Waals surface area contributed by atoms with Crippen molar-refractivity contribution >= 4 is 6.09 Å². The number of carbonyl (C=O) groups excluding carboxylic acids is 1. The number of carbonyl (C=O) groups is 1. The van der Waals surface area contributed by atoms with Gasteiger partial charge in [0.05, 0.1) is 12.2 Å². The molecule has 0 radical (unpaired) electrons. The fourth-order valence-corrected chi connectivity index (χ4v) is 6.22. The van der Waals surface area contributed by atoms with Crippen molar-refractivity contribution in [2.75, 3.05) is 26.9 Å². The SMILES string of the molecule is CCCCCCCCCCCCCCCCCC(CCCCCCCCCCCCCC)OC(=O)NCCCON(C)COC(C)(C)C. The van der Waals surface area contributed by atoms with Crippen LogP contribution < -0.4 is 5.32 Å². The number of amides is 1. The molecule has 1 unspecified atom stereocenters. The zero-order chi connectivity index (χ0) is 35.4. The van der Waals surface area contributed by atoms with Gasteiger partial charge in [0.15, 0.2) is 0 Å². The zero-order valence-corrected chi connectivity index (χ0v) is 33.5. The Balaban J connectivity index is 4.15. The van der Waals surface area contributed by atoms with E-state index < -0.39 is 0 Å². The molecule has 1 amide bonds. The van der Waals surface area contributed by atoms with Crippen LogP contribution in [0.5, 0.6) is 0 Å². The van der Waals surface area contributed by atoms with Crippen LogP contribution in [0.1, 0.15) is 227 Å². The maximum absolute atomic E-state index is 12.6. The Morgan fingerprint density at radius 3 is 1.27 bits per heavy atom. The minimum absolute atomic E-state index is 0.0343. The molecule has 0 aromatic heterocycles. The number of alkyl carbamates (subject to hydrolysis) is 1. The third-order valence-electron chi connectivity index (χ3n) is 9.36. The van der Waals surface area contributed by atoms with Gasteiger partial charge in [0, 0.05) is 13.6 Å². The van der Waals surface area contributed by atoms with Crippen molar-refractivity contribution in [1.82, 2.24) is 10.4 Å². The lowest BCUT2D eigenvalue weighted by molar-refractivity contribution is -0.213. The molecular formula is C42H86N2O4. The van der Waals surface area contributed by atoms with Gasteiger partial charge in [0.1, 0.15) is 12.8 Å². The first kappa shape index (κ1) is 47.1. The molecule has 0 fully saturated rings. The molecule has 48 heavy (non-hydrogen) atoms. The highest BCUT2D eigenvalue weighted by atomic mass is 16.7. The number of ether oxygens (including phenoxy) is 2. The van der Waals surface area contributed by atoms with E-state index in [4.69, 9.17) is 14.3 Å². The van der Waals surface area contributed by atoms with Crippen LogP contribution in [0.4, 0.5) is 4.79 Å². The fourth-order valence-electron chi connectivity index (χ4n) is 6.22. The highest BCUT2D eigenvalue weighted by molar-refractivity contribution is 5.67. The van der Waals surface area contributed by atoms with Gasteiger partial charge in [-0.25, -0.2) is 4.79 Å². The molecule has 288 valence electrons. The largest absolute Gasteiger partial charge is 0.446 e. The summed E-state index contributed by atoms with van der Waals surface area (Å²) in [5, 5.41) is 4.65. The molecular weight excluding hydrogens is 596 g/mol. The van der Waals surface area contributed by atoms with E-state index in [9.17, 15) is 4.79 Å². The summed E-state index contributed by atoms with van der Waals surface area (Å²) in [6.45, 7) is 12.2. The fraction of sp³-hybridized carbons (Fsp3) is 0.976. The Labute approximate surface area is 300 Å². The van der Waals surface area contributed by atoms with Crippen molar-refractivity contribution in [3.8, 4) is 0 Å². The Bertz CT molecular complexity index is 654. The van der Waals surface area contributed by atoms with Crippen molar-refractivity contribution in [2.45, 2.75) is 239 Å². The minimum atomic E-state index is -0.274. The third-order valence-corrected chi connectivity index (χ3v) is 9.36. The van der Waals surface area contributed by atoms with Crippen LogP contribution in [-0.2, 0) is 14.3 Å². The number of nitrogens with one attached hydrogen (secondary N) is 1. The summed E-state index contributed by atoms with van der Waals surface area (Å²) in [5.74, 6) is 0. The van der Waals surface area contributed by atoms with E-state index in [0.29, 0.717) is 19.9 Å². The van der Waals surface area contributed by atoms with Crippen molar-refractivity contribution in [3.05, 3.63) is 0 Å². The van der Waals surface area contributed by atoms with Crippen LogP contribution in [0.3, 0.4) is 0 Å². The number of unbranched alkanes of at least 4 members (excludes halogenated alkanes) is 25. The smallest absolute Gasteiger partial charge is 0.407 e. The van der Waals surface area contributed by atoms with E-state index in [1.54, 1.807) is 5.06 Å². The van der Waals surface area contributed by atoms with Crippen molar-refractivity contribution in [3.63, 3.8) is 0 Å². The van der Waals surface area contributed by atoms with Crippen LogP contribution >= 0.6 is 0 Å². The van der Waals surface area contributed by atoms with Gasteiger partial charge in [-0.3, -0.25) is 4.84 Å². The second-order valence-corrected chi connectivity index (χ2v) is 15.6. The van der Waals surface area contributed by atoms with Gasteiger partial charge in [-0.1, -0.05) is 174 Å². The summed E-state index contributed by atoms with van der Waals surface area (Å²) in [7, 11) is 1.87. The molecule has 0 saturated heterocycles. The van der Waals surface area contributed by atoms with Gasteiger partial charge in [0.2, 0.25) is 0 Å². The van der Waals surface area contributed by atoms with Crippen molar-refractivity contribution < 1.29 is 19.1 Å². The second-order valence-electron chi connectivity index (χ2n) is 15.6. The second kappa shape index (κ2) is 36.0. The summed E-state index contributed by atoms with van der Waals surface area (Å²) < 4.78 is 11.7. The third kappa shape index (κ3) is 38.0. The summed E-state index contributed by atoms with van der Waals surface area (Å²) in [5.41, 5.74) is -0.195.